The molecular weight excluding hydrogens is 577 g/mol. The number of aryl methyl sites for hydroxylation is 1. The minimum atomic E-state index is -0.703. The third kappa shape index (κ3) is 5.75. The highest BCUT2D eigenvalue weighted by atomic mass is 19.1. The molecule has 1 amide bonds. The van der Waals surface area contributed by atoms with Gasteiger partial charge in [0.05, 0.1) is 38.6 Å². The molecule has 1 N–H and O–H groups in total. The lowest BCUT2D eigenvalue weighted by Crippen LogP contribution is -2.26. The quantitative estimate of drug-likeness (QED) is 0.195. The van der Waals surface area contributed by atoms with Gasteiger partial charge in [0.15, 0.2) is 23.1 Å². The van der Waals surface area contributed by atoms with Gasteiger partial charge in [-0.25, -0.2) is 4.39 Å². The van der Waals surface area contributed by atoms with Crippen LogP contribution in [-0.2, 0) is 4.74 Å². The van der Waals surface area contributed by atoms with Crippen LogP contribution in [0.1, 0.15) is 28.0 Å². The van der Waals surface area contributed by atoms with Crippen LogP contribution in [0.2, 0.25) is 0 Å². The molecule has 0 radical (unpaired) electrons. The van der Waals surface area contributed by atoms with E-state index in [1.807, 2.05) is 12.1 Å². The van der Waals surface area contributed by atoms with Gasteiger partial charge in [-0.05, 0) is 55.3 Å². The van der Waals surface area contributed by atoms with Crippen molar-refractivity contribution in [3.05, 3.63) is 108 Å². The van der Waals surface area contributed by atoms with Crippen molar-refractivity contribution < 1.29 is 33.2 Å². The van der Waals surface area contributed by atoms with Crippen molar-refractivity contribution in [3.63, 3.8) is 0 Å². The molecule has 3 aromatic carbocycles. The van der Waals surface area contributed by atoms with Gasteiger partial charge >= 0.3 is 0 Å². The first-order chi connectivity index (χ1) is 21.9. The largest absolute Gasteiger partial charge is 0.506 e. The Balaban J connectivity index is 1.38. The van der Waals surface area contributed by atoms with Crippen LogP contribution >= 0.6 is 0 Å². The highest BCUT2D eigenvalue weighted by molar-refractivity contribution is 6.12. The third-order valence-corrected chi connectivity index (χ3v) is 7.57. The molecule has 0 saturated carbocycles. The maximum absolute atomic E-state index is 15.8. The predicted octanol–water partition coefficient (Wildman–Crippen LogP) is 7.37. The summed E-state index contributed by atoms with van der Waals surface area (Å²) in [5, 5.41) is 12.0. The van der Waals surface area contributed by atoms with Crippen LogP contribution in [0.3, 0.4) is 0 Å². The Morgan fingerprint density at radius 3 is 2.42 bits per heavy atom. The number of carbonyl (C=O) groups is 1. The Morgan fingerprint density at radius 1 is 0.933 bits per heavy atom. The van der Waals surface area contributed by atoms with Crippen molar-refractivity contribution in [2.24, 2.45) is 0 Å². The monoisotopic (exact) mass is 607 g/mol. The van der Waals surface area contributed by atoms with E-state index in [2.05, 4.69) is 9.97 Å². The second-order valence-electron chi connectivity index (χ2n) is 10.3. The van der Waals surface area contributed by atoms with Crippen molar-refractivity contribution in [2.45, 2.75) is 13.3 Å². The van der Waals surface area contributed by atoms with Crippen molar-refractivity contribution in [3.8, 4) is 28.7 Å². The Hall–Kier alpha value is -5.48. The third-order valence-electron chi connectivity index (χ3n) is 7.57. The first kappa shape index (κ1) is 29.6. The van der Waals surface area contributed by atoms with E-state index in [0.29, 0.717) is 64.7 Å². The predicted molar refractivity (Wildman–Crippen MR) is 168 cm³/mol. The number of aromatic nitrogens is 2. The number of fused-ring (bicyclic) bond motifs is 1. The van der Waals surface area contributed by atoms with Gasteiger partial charge in [0, 0.05) is 46.9 Å². The first-order valence-electron chi connectivity index (χ1n) is 14.2. The Labute approximate surface area is 259 Å². The zero-order valence-electron chi connectivity index (χ0n) is 24.9. The Kier molecular flexibility index (Phi) is 8.30. The van der Waals surface area contributed by atoms with E-state index < -0.39 is 11.7 Å². The van der Waals surface area contributed by atoms with Gasteiger partial charge in [-0.3, -0.25) is 19.7 Å². The molecule has 1 aliphatic heterocycles. The summed E-state index contributed by atoms with van der Waals surface area (Å²) in [6, 6.07) is 18.1. The summed E-state index contributed by atoms with van der Waals surface area (Å²) in [5.74, 6) is -0.189. The van der Waals surface area contributed by atoms with Gasteiger partial charge in [-0.1, -0.05) is 24.3 Å². The maximum atomic E-state index is 15.8. The van der Waals surface area contributed by atoms with Gasteiger partial charge in [-0.15, -0.1) is 0 Å². The number of pyridine rings is 2. The summed E-state index contributed by atoms with van der Waals surface area (Å²) in [4.78, 5) is 24.3. The average molecular weight is 608 g/mol. The fraction of sp³-hybridized carbons (Fsp3) is 0.171. The number of amides is 1. The van der Waals surface area contributed by atoms with Gasteiger partial charge in [0.1, 0.15) is 17.1 Å². The Morgan fingerprint density at radius 2 is 1.71 bits per heavy atom. The molecule has 228 valence electrons. The average Bonchev–Trinajstić information content (AvgIpc) is 3.06. The number of nitrogens with zero attached hydrogens (tertiary/aromatic N) is 3. The molecule has 0 atom stereocenters. The van der Waals surface area contributed by atoms with Crippen LogP contribution in [0.15, 0.2) is 85.2 Å². The molecule has 0 aliphatic carbocycles. The number of para-hydroxylation sites is 1. The normalized spacial score (nSPS) is 12.8. The number of methoxy groups -OCH3 is 2. The summed E-state index contributed by atoms with van der Waals surface area (Å²) in [7, 11) is 3.05. The van der Waals surface area contributed by atoms with Gasteiger partial charge in [0.25, 0.3) is 5.91 Å². The number of halogens is 1. The molecular formula is C35H30FN3O6. The van der Waals surface area contributed by atoms with E-state index in [1.54, 1.807) is 61.7 Å². The second-order valence-corrected chi connectivity index (χ2v) is 10.3. The lowest BCUT2D eigenvalue weighted by molar-refractivity contribution is 0.0996. The van der Waals surface area contributed by atoms with Crippen LogP contribution in [0.4, 0.5) is 15.8 Å². The van der Waals surface area contributed by atoms with E-state index >= 15 is 4.39 Å². The van der Waals surface area contributed by atoms with E-state index in [4.69, 9.17) is 18.9 Å². The van der Waals surface area contributed by atoms with Crippen molar-refractivity contribution >= 4 is 33.8 Å². The molecule has 5 aromatic rings. The summed E-state index contributed by atoms with van der Waals surface area (Å²) < 4.78 is 38.0. The number of aromatic hydroxyl groups is 1. The van der Waals surface area contributed by atoms with Crippen LogP contribution in [-0.4, -0.2) is 48.4 Å². The number of rotatable bonds is 8. The lowest BCUT2D eigenvalue weighted by atomic mass is 9.97. The number of benzene rings is 3. The molecule has 0 fully saturated rings. The molecule has 0 saturated heterocycles. The molecule has 6 rings (SSSR count). The summed E-state index contributed by atoms with van der Waals surface area (Å²) in [6.45, 7) is 2.69. The minimum absolute atomic E-state index is 0.0137. The van der Waals surface area contributed by atoms with Crippen molar-refractivity contribution in [1.82, 2.24) is 9.97 Å². The molecule has 10 heteroatoms. The van der Waals surface area contributed by atoms with Crippen LogP contribution in [0.5, 0.6) is 28.7 Å². The van der Waals surface area contributed by atoms with Crippen LogP contribution in [0.25, 0.3) is 16.5 Å². The van der Waals surface area contributed by atoms with E-state index in [-0.39, 0.29) is 22.7 Å². The second kappa shape index (κ2) is 12.6. The molecule has 1 aliphatic rings. The number of ether oxygens (including phenoxy) is 4. The van der Waals surface area contributed by atoms with Crippen LogP contribution < -0.4 is 19.1 Å². The van der Waals surface area contributed by atoms with Gasteiger partial charge in [0.2, 0.25) is 0 Å². The zero-order chi connectivity index (χ0) is 31.5. The molecule has 2 aromatic heterocycles. The van der Waals surface area contributed by atoms with Gasteiger partial charge in [-0.2, -0.15) is 0 Å². The molecule has 0 unspecified atom stereocenters. The summed E-state index contributed by atoms with van der Waals surface area (Å²) >= 11 is 0. The summed E-state index contributed by atoms with van der Waals surface area (Å²) in [5.41, 5.74) is 3.22. The standard InChI is InChI=1S/C35H30FN3O6/c1-21-33(22-12-15-44-16-13-22)34(40)26(20-38-21)35(41)39(23-7-5-4-6-8-23)24-9-10-30(27(36)17-24)45-29-11-14-37-28-19-32(43-3)31(42-2)18-25(28)29/h4-12,14,17-20H,13,15-16H2,1-3H3,(H,38,40). The fourth-order valence-corrected chi connectivity index (χ4v) is 5.34. The van der Waals surface area contributed by atoms with E-state index in [1.165, 1.54) is 37.4 Å². The summed E-state index contributed by atoms with van der Waals surface area (Å²) in [6.07, 6.45) is 5.36. The van der Waals surface area contributed by atoms with E-state index in [0.717, 1.165) is 5.57 Å². The molecule has 0 bridgehead atoms. The fourth-order valence-electron chi connectivity index (χ4n) is 5.34. The molecule has 3 heterocycles. The van der Waals surface area contributed by atoms with E-state index in [9.17, 15) is 9.90 Å². The van der Waals surface area contributed by atoms with Gasteiger partial charge < -0.3 is 24.1 Å². The zero-order valence-corrected chi connectivity index (χ0v) is 24.9. The molecule has 0 spiro atoms. The lowest BCUT2D eigenvalue weighted by Gasteiger charge is -2.25. The maximum Gasteiger partial charge on any atom is 0.268 e. The molecule has 45 heavy (non-hydrogen) atoms. The van der Waals surface area contributed by atoms with Crippen molar-refractivity contribution in [1.29, 1.82) is 0 Å². The number of anilines is 2. The number of hydrogen-bond donors (Lipinski definition) is 1. The smallest absolute Gasteiger partial charge is 0.268 e. The number of carbonyl (C=O) groups excluding carboxylic acids is 1. The highest BCUT2D eigenvalue weighted by Gasteiger charge is 2.27. The number of hydrogen-bond acceptors (Lipinski definition) is 8. The highest BCUT2D eigenvalue weighted by Crippen LogP contribution is 2.40. The minimum Gasteiger partial charge on any atom is -0.506 e. The molecule has 9 nitrogen and oxygen atoms in total. The van der Waals surface area contributed by atoms with Crippen LogP contribution in [0, 0.1) is 12.7 Å². The van der Waals surface area contributed by atoms with Crippen molar-refractivity contribution in [2.75, 3.05) is 32.3 Å². The Bertz CT molecular complexity index is 1930. The first-order valence-corrected chi connectivity index (χ1v) is 14.2. The SMILES string of the molecule is COc1cc2nccc(Oc3ccc(N(C(=O)c4cnc(C)c(C5=CCOCC5)c4O)c4ccccc4)cc3F)c2cc1OC. The topological polar surface area (TPSA) is 103 Å².